The first-order chi connectivity index (χ1) is 8.66. The van der Waals surface area contributed by atoms with Gasteiger partial charge in [0.25, 0.3) is 0 Å². The molecule has 0 aliphatic heterocycles. The van der Waals surface area contributed by atoms with E-state index in [-0.39, 0.29) is 18.4 Å². The van der Waals surface area contributed by atoms with Crippen LogP contribution in [-0.2, 0) is 9.59 Å². The maximum atomic E-state index is 12.2. The maximum absolute atomic E-state index is 12.2. The predicted octanol–water partition coefficient (Wildman–Crippen LogP) is 1.48. The zero-order valence-corrected chi connectivity index (χ0v) is 11.1. The van der Waals surface area contributed by atoms with Crippen molar-refractivity contribution < 1.29 is 9.59 Å². The van der Waals surface area contributed by atoms with Crippen LogP contribution in [0.5, 0.6) is 0 Å². The summed E-state index contributed by atoms with van der Waals surface area (Å²) in [4.78, 5) is 25.4. The lowest BCUT2D eigenvalue weighted by Crippen LogP contribution is -2.44. The van der Waals surface area contributed by atoms with Gasteiger partial charge in [-0.05, 0) is 25.7 Å². The Hall–Kier alpha value is -0.900. The van der Waals surface area contributed by atoms with E-state index in [1.165, 1.54) is 25.7 Å². The highest BCUT2D eigenvalue weighted by Gasteiger charge is 2.29. The van der Waals surface area contributed by atoms with Gasteiger partial charge in [-0.1, -0.05) is 25.7 Å². The zero-order valence-electron chi connectivity index (χ0n) is 11.1. The van der Waals surface area contributed by atoms with Gasteiger partial charge >= 0.3 is 0 Å². The molecule has 4 nitrogen and oxygen atoms in total. The van der Waals surface area contributed by atoms with Crippen molar-refractivity contribution >= 4 is 11.7 Å². The molecule has 0 aromatic carbocycles. The molecule has 102 valence electrons. The van der Waals surface area contributed by atoms with E-state index in [0.717, 1.165) is 25.7 Å². The molecule has 0 aromatic heterocycles. The monoisotopic (exact) mass is 252 g/mol. The molecule has 0 unspecified atom stereocenters. The summed E-state index contributed by atoms with van der Waals surface area (Å²) in [6, 6.07) is 0.392. The van der Waals surface area contributed by atoms with Crippen LogP contribution in [0.25, 0.3) is 0 Å². The van der Waals surface area contributed by atoms with Crippen LogP contribution in [0.3, 0.4) is 0 Å². The van der Waals surface area contributed by atoms with Gasteiger partial charge in [0.1, 0.15) is 5.78 Å². The molecular weight excluding hydrogens is 228 g/mol. The Labute approximate surface area is 109 Å². The molecule has 0 spiro atoms. The van der Waals surface area contributed by atoms with Gasteiger partial charge in [-0.2, -0.15) is 0 Å². The van der Waals surface area contributed by atoms with E-state index in [2.05, 4.69) is 0 Å². The van der Waals surface area contributed by atoms with Gasteiger partial charge in [-0.3, -0.25) is 14.5 Å². The number of carbonyl (C=O) groups is 2. The first kappa shape index (κ1) is 13.5. The summed E-state index contributed by atoms with van der Waals surface area (Å²) in [6.45, 7) is 0.668. The average molecular weight is 252 g/mol. The predicted molar refractivity (Wildman–Crippen MR) is 70.0 cm³/mol. The van der Waals surface area contributed by atoms with E-state index in [1.807, 2.05) is 4.90 Å². The van der Waals surface area contributed by atoms with Gasteiger partial charge in [0.2, 0.25) is 5.91 Å². The first-order valence-corrected chi connectivity index (χ1v) is 7.22. The molecule has 0 heterocycles. The molecule has 2 saturated carbocycles. The van der Waals surface area contributed by atoms with Gasteiger partial charge in [-0.15, -0.1) is 0 Å². The molecule has 0 radical (unpaired) electrons. The summed E-state index contributed by atoms with van der Waals surface area (Å²) in [5, 5.41) is 0. The van der Waals surface area contributed by atoms with Crippen molar-refractivity contribution in [1.82, 2.24) is 4.90 Å². The Bertz CT molecular complexity index is 305. The number of hydrogen-bond acceptors (Lipinski definition) is 3. The van der Waals surface area contributed by atoms with E-state index in [4.69, 9.17) is 5.73 Å². The second-order valence-corrected chi connectivity index (χ2v) is 5.76. The van der Waals surface area contributed by atoms with Crippen molar-refractivity contribution in [3.8, 4) is 0 Å². The van der Waals surface area contributed by atoms with E-state index in [1.54, 1.807) is 0 Å². The number of amides is 1. The van der Waals surface area contributed by atoms with E-state index in [9.17, 15) is 9.59 Å². The van der Waals surface area contributed by atoms with Crippen molar-refractivity contribution in [1.29, 1.82) is 0 Å². The van der Waals surface area contributed by atoms with Crippen LogP contribution in [-0.4, -0.2) is 35.7 Å². The molecule has 1 amide bonds. The quantitative estimate of drug-likeness (QED) is 0.778. The molecule has 2 N–H and O–H groups in total. The number of hydrogen-bond donors (Lipinski definition) is 1. The SMILES string of the molecule is NC(=O)CN(CC(=O)C1CCCC1)C1CCCC1. The van der Waals surface area contributed by atoms with Crippen molar-refractivity contribution in [2.45, 2.75) is 57.4 Å². The zero-order chi connectivity index (χ0) is 13.0. The summed E-state index contributed by atoms with van der Waals surface area (Å²) in [7, 11) is 0. The van der Waals surface area contributed by atoms with Gasteiger partial charge in [0.05, 0.1) is 13.1 Å². The molecule has 2 aliphatic rings. The van der Waals surface area contributed by atoms with E-state index < -0.39 is 0 Å². The molecule has 2 rings (SSSR count). The maximum Gasteiger partial charge on any atom is 0.231 e. The molecule has 2 aliphatic carbocycles. The lowest BCUT2D eigenvalue weighted by atomic mass is 10.0. The Morgan fingerprint density at radius 3 is 2.06 bits per heavy atom. The third-order valence-electron chi connectivity index (χ3n) is 4.37. The molecular formula is C14H24N2O2. The third-order valence-corrected chi connectivity index (χ3v) is 4.37. The van der Waals surface area contributed by atoms with Crippen molar-refractivity contribution in [3.63, 3.8) is 0 Å². The fourth-order valence-electron chi connectivity index (χ4n) is 3.36. The van der Waals surface area contributed by atoms with Crippen LogP contribution in [0.4, 0.5) is 0 Å². The van der Waals surface area contributed by atoms with Crippen molar-refractivity contribution in [2.75, 3.05) is 13.1 Å². The molecule has 0 aromatic rings. The summed E-state index contributed by atoms with van der Waals surface area (Å²) in [5.74, 6) is 0.239. The summed E-state index contributed by atoms with van der Waals surface area (Å²) in [5.41, 5.74) is 5.30. The van der Waals surface area contributed by atoms with Crippen LogP contribution < -0.4 is 5.73 Å². The van der Waals surface area contributed by atoms with Gasteiger partial charge in [0, 0.05) is 12.0 Å². The minimum Gasteiger partial charge on any atom is -0.369 e. The summed E-state index contributed by atoms with van der Waals surface area (Å²) in [6.07, 6.45) is 9.04. The number of rotatable bonds is 6. The minimum atomic E-state index is -0.318. The van der Waals surface area contributed by atoms with Crippen LogP contribution in [0.2, 0.25) is 0 Å². The highest BCUT2D eigenvalue weighted by molar-refractivity contribution is 5.84. The van der Waals surface area contributed by atoms with Crippen LogP contribution in [0.1, 0.15) is 51.4 Å². The second kappa shape index (κ2) is 6.32. The van der Waals surface area contributed by atoms with Crippen molar-refractivity contribution in [2.24, 2.45) is 11.7 Å². The normalized spacial score (nSPS) is 21.8. The Balaban J connectivity index is 1.90. The smallest absolute Gasteiger partial charge is 0.231 e. The largest absolute Gasteiger partial charge is 0.369 e. The van der Waals surface area contributed by atoms with Gasteiger partial charge in [0.15, 0.2) is 0 Å². The number of ketones is 1. The standard InChI is InChI=1S/C14H24N2O2/c15-14(18)10-16(12-7-3-4-8-12)9-13(17)11-5-1-2-6-11/h11-12H,1-10H2,(H2,15,18). The number of nitrogens with two attached hydrogens (primary N) is 1. The van der Waals surface area contributed by atoms with Crippen molar-refractivity contribution in [3.05, 3.63) is 0 Å². The van der Waals surface area contributed by atoms with Gasteiger partial charge in [-0.25, -0.2) is 0 Å². The molecule has 0 bridgehead atoms. The van der Waals surface area contributed by atoms with Crippen LogP contribution in [0.15, 0.2) is 0 Å². The highest BCUT2D eigenvalue weighted by atomic mass is 16.1. The summed E-state index contributed by atoms with van der Waals surface area (Å²) < 4.78 is 0. The van der Waals surface area contributed by atoms with Crippen LogP contribution in [0, 0.1) is 5.92 Å². The molecule has 0 atom stereocenters. The molecule has 0 saturated heterocycles. The number of Topliss-reactive ketones (excluding diaryl/α,β-unsaturated/α-hetero) is 1. The fourth-order valence-corrected chi connectivity index (χ4v) is 3.36. The second-order valence-electron chi connectivity index (χ2n) is 5.76. The average Bonchev–Trinajstić information content (AvgIpc) is 3.01. The topological polar surface area (TPSA) is 63.4 Å². The Kier molecular flexibility index (Phi) is 4.75. The minimum absolute atomic E-state index is 0.238. The van der Waals surface area contributed by atoms with Crippen LogP contribution >= 0.6 is 0 Å². The third kappa shape index (κ3) is 3.55. The number of primary amides is 1. The number of carbonyl (C=O) groups excluding carboxylic acids is 2. The number of nitrogens with zero attached hydrogens (tertiary/aromatic N) is 1. The van der Waals surface area contributed by atoms with Gasteiger partial charge < -0.3 is 5.73 Å². The van der Waals surface area contributed by atoms with E-state index >= 15 is 0 Å². The molecule has 18 heavy (non-hydrogen) atoms. The lowest BCUT2D eigenvalue weighted by molar-refractivity contribution is -0.126. The fraction of sp³-hybridized carbons (Fsp3) is 0.857. The van der Waals surface area contributed by atoms with E-state index in [0.29, 0.717) is 18.4 Å². The lowest BCUT2D eigenvalue weighted by Gasteiger charge is -2.27. The first-order valence-electron chi connectivity index (χ1n) is 7.22. The Morgan fingerprint density at radius 1 is 0.944 bits per heavy atom. The molecule has 2 fully saturated rings. The highest BCUT2D eigenvalue weighted by Crippen LogP contribution is 2.27. The Morgan fingerprint density at radius 2 is 1.50 bits per heavy atom. The summed E-state index contributed by atoms with van der Waals surface area (Å²) >= 11 is 0. The molecule has 4 heteroatoms.